The molecular formula is C13H12N3. The maximum Gasteiger partial charge on any atom is 0.229 e. The zero-order valence-corrected chi connectivity index (χ0v) is 8.93. The highest BCUT2D eigenvalue weighted by Gasteiger charge is 2.18. The van der Waals surface area contributed by atoms with Crippen molar-refractivity contribution in [2.24, 2.45) is 0 Å². The number of anilines is 2. The Kier molecular flexibility index (Phi) is 2.29. The summed E-state index contributed by atoms with van der Waals surface area (Å²) in [4.78, 5) is 10.8. The zero-order valence-electron chi connectivity index (χ0n) is 8.93. The molecule has 3 rings (SSSR count). The van der Waals surface area contributed by atoms with E-state index in [0.717, 1.165) is 25.3 Å². The summed E-state index contributed by atoms with van der Waals surface area (Å²) in [5.74, 6) is 0.787. The Bertz CT molecular complexity index is 482. The van der Waals surface area contributed by atoms with Gasteiger partial charge in [-0.15, -0.1) is 0 Å². The third kappa shape index (κ3) is 1.54. The molecule has 0 saturated carbocycles. The van der Waals surface area contributed by atoms with Gasteiger partial charge in [0.15, 0.2) is 0 Å². The molecule has 0 atom stereocenters. The molecule has 0 aliphatic carbocycles. The highest BCUT2D eigenvalue weighted by atomic mass is 15.3. The molecule has 79 valence electrons. The number of hydrogen-bond acceptors (Lipinski definition) is 3. The van der Waals surface area contributed by atoms with Crippen LogP contribution >= 0.6 is 0 Å². The van der Waals surface area contributed by atoms with Crippen molar-refractivity contribution in [2.75, 3.05) is 11.4 Å². The van der Waals surface area contributed by atoms with Gasteiger partial charge in [0, 0.05) is 24.6 Å². The van der Waals surface area contributed by atoms with Gasteiger partial charge >= 0.3 is 0 Å². The zero-order chi connectivity index (χ0) is 10.8. The number of rotatable bonds is 1. The average molecular weight is 210 g/mol. The Morgan fingerprint density at radius 1 is 1.25 bits per heavy atom. The van der Waals surface area contributed by atoms with Gasteiger partial charge in [0.05, 0.1) is 0 Å². The molecule has 1 aromatic carbocycles. The number of aromatic nitrogens is 2. The lowest BCUT2D eigenvalue weighted by molar-refractivity contribution is 0.750. The Balaban J connectivity index is 2.05. The topological polar surface area (TPSA) is 29.0 Å². The molecule has 3 heteroatoms. The second-order valence-corrected chi connectivity index (χ2v) is 3.86. The third-order valence-electron chi connectivity index (χ3n) is 2.84. The van der Waals surface area contributed by atoms with Crippen LogP contribution in [-0.2, 0) is 6.42 Å². The molecular weight excluding hydrogens is 198 g/mol. The number of benzene rings is 1. The molecule has 0 saturated heterocycles. The molecule has 1 aliphatic rings. The highest BCUT2D eigenvalue weighted by Crippen LogP contribution is 2.30. The van der Waals surface area contributed by atoms with Crippen LogP contribution in [0.5, 0.6) is 0 Å². The van der Waals surface area contributed by atoms with Gasteiger partial charge in [-0.25, -0.2) is 9.97 Å². The van der Waals surface area contributed by atoms with Crippen LogP contribution in [-0.4, -0.2) is 16.5 Å². The van der Waals surface area contributed by atoms with Crippen LogP contribution in [0.2, 0.25) is 0 Å². The molecule has 2 aromatic rings. The van der Waals surface area contributed by atoms with E-state index in [9.17, 15) is 0 Å². The maximum absolute atomic E-state index is 4.31. The van der Waals surface area contributed by atoms with Crippen LogP contribution in [0, 0.1) is 6.07 Å². The highest BCUT2D eigenvalue weighted by molar-refractivity contribution is 5.62. The minimum absolute atomic E-state index is 0.787. The summed E-state index contributed by atoms with van der Waals surface area (Å²) in [6.45, 7) is 0.987. The van der Waals surface area contributed by atoms with Crippen LogP contribution in [0.15, 0.2) is 36.7 Å². The predicted octanol–water partition coefficient (Wildman–Crippen LogP) is 2.36. The van der Waals surface area contributed by atoms with Gasteiger partial charge in [-0.1, -0.05) is 6.07 Å². The van der Waals surface area contributed by atoms with Crippen molar-refractivity contribution in [2.45, 2.75) is 12.8 Å². The van der Waals surface area contributed by atoms with Gasteiger partial charge in [-0.2, -0.15) is 0 Å². The first-order valence-corrected chi connectivity index (χ1v) is 5.49. The molecule has 2 heterocycles. The summed E-state index contributed by atoms with van der Waals surface area (Å²) in [6.07, 6.45) is 5.83. The summed E-state index contributed by atoms with van der Waals surface area (Å²) >= 11 is 0. The van der Waals surface area contributed by atoms with E-state index in [4.69, 9.17) is 0 Å². The normalized spacial score (nSPS) is 14.6. The largest absolute Gasteiger partial charge is 0.310 e. The summed E-state index contributed by atoms with van der Waals surface area (Å²) in [6, 6.07) is 11.1. The van der Waals surface area contributed by atoms with Crippen LogP contribution in [0.4, 0.5) is 11.6 Å². The van der Waals surface area contributed by atoms with Crippen LogP contribution in [0.3, 0.4) is 0 Å². The SMILES string of the molecule is [c]1ccc2c(c1)CCCN2c1ncccn1. The maximum atomic E-state index is 4.31. The Morgan fingerprint density at radius 3 is 3.00 bits per heavy atom. The van der Waals surface area contributed by atoms with Crippen LogP contribution < -0.4 is 4.90 Å². The lowest BCUT2D eigenvalue weighted by atomic mass is 10.0. The lowest BCUT2D eigenvalue weighted by Gasteiger charge is -2.29. The van der Waals surface area contributed by atoms with E-state index in [-0.39, 0.29) is 0 Å². The molecule has 0 amide bonds. The first-order valence-electron chi connectivity index (χ1n) is 5.49. The van der Waals surface area contributed by atoms with Gasteiger partial charge in [-0.05, 0) is 42.7 Å². The van der Waals surface area contributed by atoms with E-state index >= 15 is 0 Å². The molecule has 0 unspecified atom stereocenters. The van der Waals surface area contributed by atoms with Crippen molar-refractivity contribution >= 4 is 11.6 Å². The van der Waals surface area contributed by atoms with Crippen molar-refractivity contribution in [3.63, 3.8) is 0 Å². The fraction of sp³-hybridized carbons (Fsp3) is 0.231. The van der Waals surface area contributed by atoms with Crippen molar-refractivity contribution in [1.82, 2.24) is 9.97 Å². The van der Waals surface area contributed by atoms with E-state index in [1.807, 2.05) is 12.1 Å². The first-order chi connectivity index (χ1) is 7.95. The predicted molar refractivity (Wildman–Crippen MR) is 62.6 cm³/mol. The summed E-state index contributed by atoms with van der Waals surface area (Å²) < 4.78 is 0. The van der Waals surface area contributed by atoms with E-state index in [0.29, 0.717) is 0 Å². The fourth-order valence-corrected chi connectivity index (χ4v) is 2.11. The summed E-state index contributed by atoms with van der Waals surface area (Å²) in [7, 11) is 0. The van der Waals surface area contributed by atoms with Crippen molar-refractivity contribution in [3.05, 3.63) is 48.3 Å². The van der Waals surface area contributed by atoms with Crippen LogP contribution in [0.1, 0.15) is 12.0 Å². The lowest BCUT2D eigenvalue weighted by Crippen LogP contribution is -2.25. The molecule has 1 aliphatic heterocycles. The molecule has 1 radical (unpaired) electrons. The monoisotopic (exact) mass is 210 g/mol. The second-order valence-electron chi connectivity index (χ2n) is 3.86. The summed E-state index contributed by atoms with van der Waals surface area (Å²) in [5.41, 5.74) is 2.55. The minimum Gasteiger partial charge on any atom is -0.310 e. The number of nitrogens with zero attached hydrogens (tertiary/aromatic N) is 3. The number of aryl methyl sites for hydroxylation is 1. The van der Waals surface area contributed by atoms with Crippen molar-refractivity contribution in [3.8, 4) is 0 Å². The second kappa shape index (κ2) is 3.93. The molecule has 0 N–H and O–H groups in total. The summed E-state index contributed by atoms with van der Waals surface area (Å²) in [5, 5.41) is 0. The van der Waals surface area contributed by atoms with Gasteiger partial charge in [0.1, 0.15) is 0 Å². The van der Waals surface area contributed by atoms with E-state index < -0.39 is 0 Å². The fourth-order valence-electron chi connectivity index (χ4n) is 2.11. The Morgan fingerprint density at radius 2 is 2.12 bits per heavy atom. The van der Waals surface area contributed by atoms with Crippen LogP contribution in [0.25, 0.3) is 0 Å². The number of fused-ring (bicyclic) bond motifs is 1. The van der Waals surface area contributed by atoms with Gasteiger partial charge in [0.2, 0.25) is 5.95 Å². The molecule has 0 spiro atoms. The van der Waals surface area contributed by atoms with Gasteiger partial charge in [0.25, 0.3) is 0 Å². The molecule has 3 nitrogen and oxygen atoms in total. The Labute approximate surface area is 94.8 Å². The van der Waals surface area contributed by atoms with Crippen molar-refractivity contribution < 1.29 is 0 Å². The van der Waals surface area contributed by atoms with Gasteiger partial charge in [-0.3, -0.25) is 0 Å². The van der Waals surface area contributed by atoms with E-state index in [2.05, 4.69) is 33.1 Å². The first kappa shape index (κ1) is 9.33. The third-order valence-corrected chi connectivity index (χ3v) is 2.84. The molecule has 0 fully saturated rings. The standard InChI is InChI=1S/C13H12N3/c1-2-7-12-11(5-1)6-3-10-16(12)13-14-8-4-9-15-13/h2,4-5,7-9H,3,6,10H2. The van der Waals surface area contributed by atoms with Gasteiger partial charge < -0.3 is 4.90 Å². The van der Waals surface area contributed by atoms with Crippen molar-refractivity contribution in [1.29, 1.82) is 0 Å². The Hall–Kier alpha value is -1.90. The minimum atomic E-state index is 0.787. The smallest absolute Gasteiger partial charge is 0.229 e. The quantitative estimate of drug-likeness (QED) is 0.723. The van der Waals surface area contributed by atoms with E-state index in [1.54, 1.807) is 12.4 Å². The number of hydrogen-bond donors (Lipinski definition) is 0. The molecule has 0 bridgehead atoms. The van der Waals surface area contributed by atoms with E-state index in [1.165, 1.54) is 11.3 Å². The average Bonchev–Trinajstić information content (AvgIpc) is 2.39. The molecule has 1 aromatic heterocycles. The molecule has 16 heavy (non-hydrogen) atoms.